The number of rotatable bonds is 3. The van der Waals surface area contributed by atoms with E-state index in [1.807, 2.05) is 0 Å². The summed E-state index contributed by atoms with van der Waals surface area (Å²) in [4.78, 5) is 6.90. The second-order valence-electron chi connectivity index (χ2n) is 5.87. The largest absolute Gasteiger partial charge is 0.338 e. The first-order valence-corrected chi connectivity index (χ1v) is 7.76. The van der Waals surface area contributed by atoms with Gasteiger partial charge in [0.15, 0.2) is 0 Å². The molecule has 21 heavy (non-hydrogen) atoms. The highest BCUT2D eigenvalue weighted by Crippen LogP contribution is 2.26. The lowest BCUT2D eigenvalue weighted by Crippen LogP contribution is -2.42. The van der Waals surface area contributed by atoms with Crippen molar-refractivity contribution in [1.29, 1.82) is 0 Å². The number of hydrogen-bond donors (Lipinski definition) is 1. The van der Waals surface area contributed by atoms with Crippen LogP contribution in [-0.2, 0) is 19.4 Å². The molecular formula is C16H20N4O. The lowest BCUT2D eigenvalue weighted by atomic mass is 10.1. The fraction of sp³-hybridized carbons (Fsp3) is 0.500. The van der Waals surface area contributed by atoms with Crippen LogP contribution < -0.4 is 5.32 Å². The van der Waals surface area contributed by atoms with E-state index in [0.717, 1.165) is 44.1 Å². The standard InChI is InChI=1S/C16H20N4O/c1-2-12-4-5-14(10-13(12)3-1)16-18-15(21-19-16)11-20-8-6-17-7-9-20/h4-5,10,17H,1-3,6-9,11H2. The number of hydrogen-bond acceptors (Lipinski definition) is 5. The maximum absolute atomic E-state index is 5.42. The van der Waals surface area contributed by atoms with Crippen molar-refractivity contribution in [2.45, 2.75) is 25.8 Å². The molecule has 1 aromatic heterocycles. The third kappa shape index (κ3) is 2.71. The lowest BCUT2D eigenvalue weighted by molar-refractivity contribution is 0.203. The Morgan fingerprint density at radius 3 is 2.90 bits per heavy atom. The normalized spacial score (nSPS) is 18.9. The number of nitrogens with one attached hydrogen (secondary N) is 1. The second-order valence-corrected chi connectivity index (χ2v) is 5.87. The van der Waals surface area contributed by atoms with E-state index in [1.54, 1.807) is 0 Å². The van der Waals surface area contributed by atoms with E-state index in [4.69, 9.17) is 4.52 Å². The molecule has 1 N–H and O–H groups in total. The van der Waals surface area contributed by atoms with Crippen molar-refractivity contribution < 1.29 is 4.52 Å². The van der Waals surface area contributed by atoms with Crippen molar-refractivity contribution in [3.63, 3.8) is 0 Å². The minimum atomic E-state index is 0.715. The molecule has 0 radical (unpaired) electrons. The molecule has 0 bridgehead atoms. The summed E-state index contributed by atoms with van der Waals surface area (Å²) in [5, 5.41) is 7.50. The summed E-state index contributed by atoms with van der Waals surface area (Å²) in [6, 6.07) is 6.55. The van der Waals surface area contributed by atoms with E-state index in [1.165, 1.54) is 30.4 Å². The van der Waals surface area contributed by atoms with E-state index in [2.05, 4.69) is 38.6 Å². The SMILES string of the molecule is c1cc2c(cc1-c1noc(CN3CCNCC3)n1)CCC2. The maximum Gasteiger partial charge on any atom is 0.241 e. The molecule has 0 spiro atoms. The van der Waals surface area contributed by atoms with E-state index >= 15 is 0 Å². The number of benzene rings is 1. The Hall–Kier alpha value is -1.72. The van der Waals surface area contributed by atoms with Crippen LogP contribution in [0.4, 0.5) is 0 Å². The summed E-state index contributed by atoms with van der Waals surface area (Å²) >= 11 is 0. The zero-order valence-electron chi connectivity index (χ0n) is 12.1. The van der Waals surface area contributed by atoms with Gasteiger partial charge < -0.3 is 9.84 Å². The topological polar surface area (TPSA) is 54.2 Å². The first-order chi connectivity index (χ1) is 10.4. The highest BCUT2D eigenvalue weighted by Gasteiger charge is 2.17. The van der Waals surface area contributed by atoms with E-state index in [-0.39, 0.29) is 0 Å². The fourth-order valence-corrected chi connectivity index (χ4v) is 3.21. The molecule has 5 nitrogen and oxygen atoms in total. The van der Waals surface area contributed by atoms with Crippen LogP contribution in [0.25, 0.3) is 11.4 Å². The number of piperazine rings is 1. The molecule has 1 fully saturated rings. The van der Waals surface area contributed by atoms with Crippen LogP contribution in [0.1, 0.15) is 23.4 Å². The van der Waals surface area contributed by atoms with Gasteiger partial charge in [-0.05, 0) is 36.5 Å². The minimum absolute atomic E-state index is 0.715. The molecule has 2 heterocycles. The monoisotopic (exact) mass is 284 g/mol. The summed E-state index contributed by atoms with van der Waals surface area (Å²) in [5.41, 5.74) is 4.00. The van der Waals surface area contributed by atoms with Gasteiger partial charge in [0.2, 0.25) is 11.7 Å². The summed E-state index contributed by atoms with van der Waals surface area (Å²) in [6.07, 6.45) is 3.64. The van der Waals surface area contributed by atoms with Gasteiger partial charge in [0.25, 0.3) is 0 Å². The van der Waals surface area contributed by atoms with Crippen molar-refractivity contribution in [3.05, 3.63) is 35.2 Å². The molecule has 0 amide bonds. The molecule has 1 aliphatic heterocycles. The molecule has 110 valence electrons. The van der Waals surface area contributed by atoms with Crippen LogP contribution in [0, 0.1) is 0 Å². The number of nitrogens with zero attached hydrogens (tertiary/aromatic N) is 3. The van der Waals surface area contributed by atoms with Crippen LogP contribution in [0.3, 0.4) is 0 Å². The van der Waals surface area contributed by atoms with Crippen molar-refractivity contribution in [2.75, 3.05) is 26.2 Å². The zero-order chi connectivity index (χ0) is 14.1. The molecular weight excluding hydrogens is 264 g/mol. The van der Waals surface area contributed by atoms with Gasteiger partial charge in [-0.15, -0.1) is 0 Å². The fourth-order valence-electron chi connectivity index (χ4n) is 3.21. The van der Waals surface area contributed by atoms with Crippen molar-refractivity contribution in [3.8, 4) is 11.4 Å². The zero-order valence-corrected chi connectivity index (χ0v) is 12.1. The van der Waals surface area contributed by atoms with Gasteiger partial charge in [-0.3, -0.25) is 4.90 Å². The van der Waals surface area contributed by atoms with E-state index in [9.17, 15) is 0 Å². The van der Waals surface area contributed by atoms with E-state index < -0.39 is 0 Å². The molecule has 1 aliphatic carbocycles. The van der Waals surface area contributed by atoms with Gasteiger partial charge in [-0.25, -0.2) is 0 Å². The van der Waals surface area contributed by atoms with Gasteiger partial charge in [0.1, 0.15) is 0 Å². The minimum Gasteiger partial charge on any atom is -0.338 e. The number of aryl methyl sites for hydroxylation is 2. The van der Waals surface area contributed by atoms with Crippen LogP contribution in [0.5, 0.6) is 0 Å². The van der Waals surface area contributed by atoms with Gasteiger partial charge >= 0.3 is 0 Å². The van der Waals surface area contributed by atoms with Crippen LogP contribution >= 0.6 is 0 Å². The summed E-state index contributed by atoms with van der Waals surface area (Å²) in [7, 11) is 0. The highest BCUT2D eigenvalue weighted by atomic mass is 16.5. The summed E-state index contributed by atoms with van der Waals surface area (Å²) < 4.78 is 5.42. The Balaban J connectivity index is 1.51. The average Bonchev–Trinajstić information content (AvgIpc) is 3.16. The lowest BCUT2D eigenvalue weighted by Gasteiger charge is -2.25. The third-order valence-corrected chi connectivity index (χ3v) is 4.39. The smallest absolute Gasteiger partial charge is 0.241 e. The second kappa shape index (κ2) is 5.58. The van der Waals surface area contributed by atoms with Crippen LogP contribution in [-0.4, -0.2) is 41.2 Å². The maximum atomic E-state index is 5.42. The first-order valence-electron chi connectivity index (χ1n) is 7.76. The van der Waals surface area contributed by atoms with Crippen molar-refractivity contribution in [2.24, 2.45) is 0 Å². The Morgan fingerprint density at radius 2 is 2.00 bits per heavy atom. The van der Waals surface area contributed by atoms with Crippen LogP contribution in [0.15, 0.2) is 22.7 Å². The Labute approximate surface area is 124 Å². The van der Waals surface area contributed by atoms with E-state index in [0.29, 0.717) is 5.89 Å². The Bertz CT molecular complexity index is 631. The van der Waals surface area contributed by atoms with Crippen molar-refractivity contribution in [1.82, 2.24) is 20.4 Å². The Kier molecular flexibility index (Phi) is 3.45. The molecule has 0 saturated carbocycles. The van der Waals surface area contributed by atoms with Gasteiger partial charge in [-0.1, -0.05) is 17.3 Å². The summed E-state index contributed by atoms with van der Waals surface area (Å²) in [5.74, 6) is 1.43. The van der Waals surface area contributed by atoms with Gasteiger partial charge in [-0.2, -0.15) is 4.98 Å². The quantitative estimate of drug-likeness (QED) is 0.928. The molecule has 1 saturated heterocycles. The molecule has 4 rings (SSSR count). The number of aromatic nitrogens is 2. The predicted molar refractivity (Wildman–Crippen MR) is 79.9 cm³/mol. The predicted octanol–water partition coefficient (Wildman–Crippen LogP) is 1.63. The molecule has 2 aliphatic rings. The molecule has 2 aromatic rings. The molecule has 0 unspecified atom stereocenters. The Morgan fingerprint density at radius 1 is 1.14 bits per heavy atom. The van der Waals surface area contributed by atoms with Gasteiger partial charge in [0, 0.05) is 31.7 Å². The molecule has 0 atom stereocenters. The summed E-state index contributed by atoms with van der Waals surface area (Å²) in [6.45, 7) is 4.89. The molecule has 1 aromatic carbocycles. The van der Waals surface area contributed by atoms with Crippen molar-refractivity contribution >= 4 is 0 Å². The number of fused-ring (bicyclic) bond motifs is 1. The highest BCUT2D eigenvalue weighted by molar-refractivity contribution is 5.57. The third-order valence-electron chi connectivity index (χ3n) is 4.39. The van der Waals surface area contributed by atoms with Gasteiger partial charge in [0.05, 0.1) is 6.54 Å². The first kappa shape index (κ1) is 13.0. The molecule has 5 heteroatoms. The average molecular weight is 284 g/mol. The van der Waals surface area contributed by atoms with Crippen LogP contribution in [0.2, 0.25) is 0 Å².